The molecule has 21 heavy (non-hydrogen) atoms. The Labute approximate surface area is 127 Å². The fraction of sp³-hybridized carbons (Fsp3) is 0.750. The van der Waals surface area contributed by atoms with Crippen molar-refractivity contribution >= 4 is 11.6 Å². The van der Waals surface area contributed by atoms with Crippen LogP contribution in [0.15, 0.2) is 6.07 Å². The highest BCUT2D eigenvalue weighted by Crippen LogP contribution is 2.38. The van der Waals surface area contributed by atoms with E-state index >= 15 is 0 Å². The van der Waals surface area contributed by atoms with Crippen molar-refractivity contribution in [3.05, 3.63) is 11.9 Å². The normalized spacial score (nSPS) is 20.5. The van der Waals surface area contributed by atoms with Gasteiger partial charge in [0.1, 0.15) is 17.5 Å². The summed E-state index contributed by atoms with van der Waals surface area (Å²) in [6.45, 7) is 3.50. The SMILES string of the molecule is CNc1cc(NCCC2CCN(C)CC2)nc(C2CC2)n1. The molecule has 0 bridgehead atoms. The second-order valence-corrected chi connectivity index (χ2v) is 6.48. The molecule has 1 saturated heterocycles. The fourth-order valence-electron chi connectivity index (χ4n) is 2.96. The average molecular weight is 289 g/mol. The summed E-state index contributed by atoms with van der Waals surface area (Å²) in [7, 11) is 4.13. The van der Waals surface area contributed by atoms with Crippen LogP contribution in [0.25, 0.3) is 0 Å². The predicted octanol–water partition coefficient (Wildman–Crippen LogP) is 2.54. The number of hydrogen-bond donors (Lipinski definition) is 2. The average Bonchev–Trinajstić information content (AvgIpc) is 3.34. The molecular weight excluding hydrogens is 262 g/mol. The van der Waals surface area contributed by atoms with Gasteiger partial charge < -0.3 is 15.5 Å². The fourth-order valence-corrected chi connectivity index (χ4v) is 2.96. The maximum absolute atomic E-state index is 4.67. The van der Waals surface area contributed by atoms with Crippen LogP contribution in [0, 0.1) is 5.92 Å². The molecule has 116 valence electrons. The molecule has 1 aliphatic carbocycles. The lowest BCUT2D eigenvalue weighted by Crippen LogP contribution is -2.30. The van der Waals surface area contributed by atoms with Crippen LogP contribution < -0.4 is 10.6 Å². The second-order valence-electron chi connectivity index (χ2n) is 6.48. The van der Waals surface area contributed by atoms with Gasteiger partial charge in [-0.3, -0.25) is 0 Å². The molecule has 1 aromatic rings. The quantitative estimate of drug-likeness (QED) is 0.843. The van der Waals surface area contributed by atoms with E-state index in [0.717, 1.165) is 29.9 Å². The number of nitrogens with zero attached hydrogens (tertiary/aromatic N) is 3. The van der Waals surface area contributed by atoms with Crippen molar-refractivity contribution in [3.8, 4) is 0 Å². The summed E-state index contributed by atoms with van der Waals surface area (Å²) in [4.78, 5) is 11.6. The highest BCUT2D eigenvalue weighted by atomic mass is 15.1. The van der Waals surface area contributed by atoms with E-state index in [1.54, 1.807) is 0 Å². The maximum atomic E-state index is 4.67. The van der Waals surface area contributed by atoms with Crippen molar-refractivity contribution in [2.75, 3.05) is 44.4 Å². The number of aromatic nitrogens is 2. The molecule has 0 amide bonds. The van der Waals surface area contributed by atoms with E-state index in [4.69, 9.17) is 0 Å². The molecule has 1 aliphatic heterocycles. The molecule has 0 unspecified atom stereocenters. The lowest BCUT2D eigenvalue weighted by molar-refractivity contribution is 0.215. The van der Waals surface area contributed by atoms with Crippen molar-refractivity contribution in [1.29, 1.82) is 0 Å². The van der Waals surface area contributed by atoms with E-state index in [-0.39, 0.29) is 0 Å². The zero-order valence-corrected chi connectivity index (χ0v) is 13.2. The molecular formula is C16H27N5. The van der Waals surface area contributed by atoms with Gasteiger partial charge in [-0.15, -0.1) is 0 Å². The van der Waals surface area contributed by atoms with Gasteiger partial charge in [-0.25, -0.2) is 9.97 Å². The molecule has 0 aromatic carbocycles. The summed E-state index contributed by atoms with van der Waals surface area (Å²) in [5.41, 5.74) is 0. The molecule has 0 radical (unpaired) electrons. The number of anilines is 2. The highest BCUT2D eigenvalue weighted by molar-refractivity contribution is 5.47. The molecule has 2 aliphatic rings. The van der Waals surface area contributed by atoms with E-state index in [1.165, 1.54) is 45.2 Å². The van der Waals surface area contributed by atoms with Gasteiger partial charge in [0.15, 0.2) is 0 Å². The molecule has 1 saturated carbocycles. The van der Waals surface area contributed by atoms with E-state index < -0.39 is 0 Å². The van der Waals surface area contributed by atoms with Crippen LogP contribution in [-0.4, -0.2) is 48.6 Å². The van der Waals surface area contributed by atoms with Gasteiger partial charge in [0, 0.05) is 25.6 Å². The Morgan fingerprint density at radius 1 is 1.14 bits per heavy atom. The first-order valence-corrected chi connectivity index (χ1v) is 8.23. The topological polar surface area (TPSA) is 53.1 Å². The van der Waals surface area contributed by atoms with Crippen molar-refractivity contribution in [2.45, 2.75) is 38.0 Å². The summed E-state index contributed by atoms with van der Waals surface area (Å²) in [5.74, 6) is 4.36. The van der Waals surface area contributed by atoms with E-state index in [2.05, 4.69) is 32.5 Å². The largest absolute Gasteiger partial charge is 0.373 e. The van der Waals surface area contributed by atoms with E-state index in [9.17, 15) is 0 Å². The van der Waals surface area contributed by atoms with Crippen LogP contribution in [0.1, 0.15) is 43.8 Å². The van der Waals surface area contributed by atoms with Gasteiger partial charge in [0.05, 0.1) is 0 Å². The zero-order valence-electron chi connectivity index (χ0n) is 13.2. The van der Waals surface area contributed by atoms with Gasteiger partial charge in [-0.05, 0) is 58.2 Å². The summed E-state index contributed by atoms with van der Waals surface area (Å²) in [6, 6.07) is 2.01. The van der Waals surface area contributed by atoms with Crippen molar-refractivity contribution in [1.82, 2.24) is 14.9 Å². The third kappa shape index (κ3) is 4.06. The van der Waals surface area contributed by atoms with Gasteiger partial charge >= 0.3 is 0 Å². The first kappa shape index (κ1) is 14.6. The Hall–Kier alpha value is -1.36. The summed E-state index contributed by atoms with van der Waals surface area (Å²) in [5, 5.41) is 6.63. The van der Waals surface area contributed by atoms with E-state index in [1.807, 2.05) is 13.1 Å². The Kier molecular flexibility index (Phi) is 4.58. The van der Waals surface area contributed by atoms with Gasteiger partial charge in [-0.2, -0.15) is 0 Å². The number of rotatable bonds is 6. The third-order valence-corrected chi connectivity index (χ3v) is 4.64. The van der Waals surface area contributed by atoms with Gasteiger partial charge in [0.2, 0.25) is 0 Å². The lowest BCUT2D eigenvalue weighted by atomic mass is 9.94. The molecule has 2 fully saturated rings. The van der Waals surface area contributed by atoms with Crippen molar-refractivity contribution in [3.63, 3.8) is 0 Å². The summed E-state index contributed by atoms with van der Waals surface area (Å²) in [6.07, 6.45) is 6.38. The second kappa shape index (κ2) is 6.60. The number of piperidine rings is 1. The minimum absolute atomic E-state index is 0.590. The van der Waals surface area contributed by atoms with Crippen molar-refractivity contribution in [2.24, 2.45) is 5.92 Å². The van der Waals surface area contributed by atoms with Crippen LogP contribution in [0.4, 0.5) is 11.6 Å². The van der Waals surface area contributed by atoms with Crippen LogP contribution >= 0.6 is 0 Å². The lowest BCUT2D eigenvalue weighted by Gasteiger charge is -2.28. The molecule has 5 nitrogen and oxygen atoms in total. The number of hydrogen-bond acceptors (Lipinski definition) is 5. The first-order chi connectivity index (χ1) is 10.2. The Morgan fingerprint density at radius 3 is 2.52 bits per heavy atom. The van der Waals surface area contributed by atoms with Crippen LogP contribution in [0.5, 0.6) is 0 Å². The van der Waals surface area contributed by atoms with Gasteiger partial charge in [-0.1, -0.05) is 0 Å². The molecule has 0 atom stereocenters. The molecule has 2 heterocycles. The van der Waals surface area contributed by atoms with Gasteiger partial charge in [0.25, 0.3) is 0 Å². The van der Waals surface area contributed by atoms with E-state index in [0.29, 0.717) is 5.92 Å². The maximum Gasteiger partial charge on any atom is 0.136 e. The number of likely N-dealkylation sites (tertiary alicyclic amines) is 1. The minimum atomic E-state index is 0.590. The molecule has 1 aromatic heterocycles. The standard InChI is InChI=1S/C16H27N5/c1-17-14-11-15(20-16(19-14)13-3-4-13)18-8-5-12-6-9-21(2)10-7-12/h11-13H,3-10H2,1-2H3,(H2,17,18,19,20). The van der Waals surface area contributed by atoms with Crippen LogP contribution in [0.3, 0.4) is 0 Å². The molecule has 5 heteroatoms. The molecule has 2 N–H and O–H groups in total. The predicted molar refractivity (Wildman–Crippen MR) is 86.9 cm³/mol. The van der Waals surface area contributed by atoms with Crippen LogP contribution in [-0.2, 0) is 0 Å². The first-order valence-electron chi connectivity index (χ1n) is 8.23. The van der Waals surface area contributed by atoms with Crippen molar-refractivity contribution < 1.29 is 0 Å². The molecule has 3 rings (SSSR count). The number of nitrogens with one attached hydrogen (secondary N) is 2. The Morgan fingerprint density at radius 2 is 1.86 bits per heavy atom. The monoisotopic (exact) mass is 289 g/mol. The third-order valence-electron chi connectivity index (χ3n) is 4.64. The summed E-state index contributed by atoms with van der Waals surface area (Å²) >= 11 is 0. The molecule has 0 spiro atoms. The minimum Gasteiger partial charge on any atom is -0.373 e. The van der Waals surface area contributed by atoms with Crippen LogP contribution in [0.2, 0.25) is 0 Å². The Bertz CT molecular complexity index is 464. The summed E-state index contributed by atoms with van der Waals surface area (Å²) < 4.78 is 0. The zero-order chi connectivity index (χ0) is 14.7. The smallest absolute Gasteiger partial charge is 0.136 e. The highest BCUT2D eigenvalue weighted by Gasteiger charge is 2.27. The Balaban J connectivity index is 1.51.